The Bertz CT molecular complexity index is 557. The Kier molecular flexibility index (Phi) is 6.75. The Balaban J connectivity index is 1.53. The number of anilines is 1. The smallest absolute Gasteiger partial charge is 0.191 e. The topological polar surface area (TPSA) is 52.6 Å². The average Bonchev–Trinajstić information content (AvgIpc) is 3.17. The number of aliphatic imine (C=N–C) groups is 1. The fourth-order valence-electron chi connectivity index (χ4n) is 4.30. The third-order valence-corrected chi connectivity index (χ3v) is 6.14. The number of pyridine rings is 1. The van der Waals surface area contributed by atoms with Gasteiger partial charge in [-0.1, -0.05) is 25.8 Å². The molecule has 2 fully saturated rings. The quantitative estimate of drug-likeness (QED) is 0.604. The lowest BCUT2D eigenvalue weighted by atomic mass is 9.84. The van der Waals surface area contributed by atoms with Crippen molar-refractivity contribution in [2.75, 3.05) is 31.1 Å². The molecule has 1 aromatic heterocycles. The lowest BCUT2D eigenvalue weighted by molar-refractivity contribution is 0.296. The van der Waals surface area contributed by atoms with E-state index in [0.717, 1.165) is 50.8 Å². The van der Waals surface area contributed by atoms with E-state index in [0.29, 0.717) is 11.5 Å². The molecule has 0 aromatic carbocycles. The number of piperidine rings is 1. The summed E-state index contributed by atoms with van der Waals surface area (Å²) in [5, 5.41) is 7.14. The minimum atomic E-state index is 0.449. The maximum absolute atomic E-state index is 4.98. The molecule has 2 aliphatic rings. The zero-order valence-corrected chi connectivity index (χ0v) is 16.5. The summed E-state index contributed by atoms with van der Waals surface area (Å²) in [5.74, 6) is 2.10. The lowest BCUT2D eigenvalue weighted by Gasteiger charge is -2.34. The fraction of sp³-hybridized carbons (Fsp3) is 0.714. The SMILES string of the molecule is CCNC(=NCC1(CC)CCCC1)NC1CCN(c2ccccn2)CC1. The van der Waals surface area contributed by atoms with E-state index in [1.54, 1.807) is 0 Å². The zero-order chi connectivity index (χ0) is 18.2. The van der Waals surface area contributed by atoms with E-state index in [9.17, 15) is 0 Å². The number of rotatable bonds is 6. The maximum Gasteiger partial charge on any atom is 0.191 e. The number of hydrogen-bond acceptors (Lipinski definition) is 3. The van der Waals surface area contributed by atoms with Gasteiger partial charge in [0.05, 0.1) is 0 Å². The zero-order valence-electron chi connectivity index (χ0n) is 16.5. The molecule has 0 atom stereocenters. The number of nitrogens with one attached hydrogen (secondary N) is 2. The Hall–Kier alpha value is -1.78. The molecule has 0 spiro atoms. The van der Waals surface area contributed by atoms with Crippen LogP contribution in [0.4, 0.5) is 5.82 Å². The van der Waals surface area contributed by atoms with E-state index >= 15 is 0 Å². The first-order valence-corrected chi connectivity index (χ1v) is 10.5. The summed E-state index contributed by atoms with van der Waals surface area (Å²) < 4.78 is 0. The van der Waals surface area contributed by atoms with Crippen LogP contribution in [0.5, 0.6) is 0 Å². The molecule has 0 radical (unpaired) electrons. The van der Waals surface area contributed by atoms with Gasteiger partial charge < -0.3 is 15.5 Å². The van der Waals surface area contributed by atoms with Crippen LogP contribution in [0.3, 0.4) is 0 Å². The monoisotopic (exact) mass is 357 g/mol. The molecular weight excluding hydrogens is 322 g/mol. The van der Waals surface area contributed by atoms with E-state index in [-0.39, 0.29) is 0 Å². The van der Waals surface area contributed by atoms with Gasteiger partial charge in [0.25, 0.3) is 0 Å². The first-order valence-electron chi connectivity index (χ1n) is 10.5. The van der Waals surface area contributed by atoms with Crippen LogP contribution >= 0.6 is 0 Å². The van der Waals surface area contributed by atoms with Crippen molar-refractivity contribution in [1.82, 2.24) is 15.6 Å². The number of aromatic nitrogens is 1. The molecule has 2 heterocycles. The number of nitrogens with zero attached hydrogens (tertiary/aromatic N) is 3. The van der Waals surface area contributed by atoms with Crippen LogP contribution in [-0.4, -0.2) is 43.2 Å². The molecule has 0 amide bonds. The molecule has 144 valence electrons. The van der Waals surface area contributed by atoms with E-state index in [1.165, 1.54) is 32.1 Å². The molecule has 1 aliphatic heterocycles. The van der Waals surface area contributed by atoms with Crippen molar-refractivity contribution < 1.29 is 0 Å². The highest BCUT2D eigenvalue weighted by molar-refractivity contribution is 5.80. The van der Waals surface area contributed by atoms with Crippen molar-refractivity contribution in [2.24, 2.45) is 10.4 Å². The van der Waals surface area contributed by atoms with Gasteiger partial charge in [0, 0.05) is 38.4 Å². The van der Waals surface area contributed by atoms with Crippen molar-refractivity contribution in [3.05, 3.63) is 24.4 Å². The first-order chi connectivity index (χ1) is 12.7. The van der Waals surface area contributed by atoms with Gasteiger partial charge in [-0.05, 0) is 56.6 Å². The van der Waals surface area contributed by atoms with E-state index in [1.807, 2.05) is 12.3 Å². The second-order valence-electron chi connectivity index (χ2n) is 7.85. The molecule has 5 heteroatoms. The van der Waals surface area contributed by atoms with Gasteiger partial charge in [-0.25, -0.2) is 4.98 Å². The molecule has 26 heavy (non-hydrogen) atoms. The second kappa shape index (κ2) is 9.24. The maximum atomic E-state index is 4.98. The van der Waals surface area contributed by atoms with Crippen molar-refractivity contribution in [3.63, 3.8) is 0 Å². The minimum Gasteiger partial charge on any atom is -0.357 e. The second-order valence-corrected chi connectivity index (χ2v) is 7.85. The Labute approximate surface area is 158 Å². The molecule has 1 saturated heterocycles. The first kappa shape index (κ1) is 19.0. The molecule has 0 unspecified atom stereocenters. The van der Waals surface area contributed by atoms with E-state index < -0.39 is 0 Å². The van der Waals surface area contributed by atoms with Crippen LogP contribution in [0.2, 0.25) is 0 Å². The molecule has 1 aliphatic carbocycles. The Morgan fingerprint density at radius 1 is 1.23 bits per heavy atom. The van der Waals surface area contributed by atoms with Crippen LogP contribution in [0.15, 0.2) is 29.4 Å². The van der Waals surface area contributed by atoms with Crippen LogP contribution in [-0.2, 0) is 0 Å². The van der Waals surface area contributed by atoms with Gasteiger partial charge in [-0.15, -0.1) is 0 Å². The van der Waals surface area contributed by atoms with Crippen LogP contribution in [0, 0.1) is 5.41 Å². The van der Waals surface area contributed by atoms with Gasteiger partial charge in [0.15, 0.2) is 5.96 Å². The van der Waals surface area contributed by atoms with Crippen molar-refractivity contribution in [1.29, 1.82) is 0 Å². The molecule has 2 N–H and O–H groups in total. The summed E-state index contributed by atoms with van der Waals surface area (Å²) in [7, 11) is 0. The van der Waals surface area contributed by atoms with Crippen molar-refractivity contribution in [3.8, 4) is 0 Å². The highest BCUT2D eigenvalue weighted by Crippen LogP contribution is 2.41. The number of hydrogen-bond donors (Lipinski definition) is 2. The third-order valence-electron chi connectivity index (χ3n) is 6.14. The van der Waals surface area contributed by atoms with Gasteiger partial charge in [0.1, 0.15) is 5.82 Å². The van der Waals surface area contributed by atoms with Crippen molar-refractivity contribution >= 4 is 11.8 Å². The summed E-state index contributed by atoms with van der Waals surface area (Å²) in [6.45, 7) is 8.45. The van der Waals surface area contributed by atoms with Gasteiger partial charge in [-0.3, -0.25) is 4.99 Å². The summed E-state index contributed by atoms with van der Waals surface area (Å²) in [5.41, 5.74) is 0.449. The van der Waals surface area contributed by atoms with Gasteiger partial charge >= 0.3 is 0 Å². The summed E-state index contributed by atoms with van der Waals surface area (Å²) >= 11 is 0. The largest absolute Gasteiger partial charge is 0.357 e. The molecule has 1 saturated carbocycles. The fourth-order valence-corrected chi connectivity index (χ4v) is 4.30. The summed E-state index contributed by atoms with van der Waals surface area (Å²) in [6, 6.07) is 6.64. The highest BCUT2D eigenvalue weighted by atomic mass is 15.2. The normalized spacial score (nSPS) is 21.0. The van der Waals surface area contributed by atoms with Crippen LogP contribution in [0.1, 0.15) is 58.8 Å². The average molecular weight is 358 g/mol. The Morgan fingerprint density at radius 3 is 2.62 bits per heavy atom. The molecule has 1 aromatic rings. The minimum absolute atomic E-state index is 0.449. The van der Waals surface area contributed by atoms with E-state index in [4.69, 9.17) is 4.99 Å². The molecule has 5 nitrogen and oxygen atoms in total. The number of guanidine groups is 1. The lowest BCUT2D eigenvalue weighted by Crippen LogP contribution is -2.49. The molecular formula is C21H35N5. The van der Waals surface area contributed by atoms with Gasteiger partial charge in [0.2, 0.25) is 0 Å². The standard InChI is InChI=1S/C21H35N5/c1-3-21(12-6-7-13-21)17-24-20(22-4-2)25-18-10-15-26(16-11-18)19-9-5-8-14-23-19/h5,8-9,14,18H,3-4,6-7,10-13,15-17H2,1-2H3,(H2,22,24,25). The van der Waals surface area contributed by atoms with Crippen LogP contribution < -0.4 is 15.5 Å². The van der Waals surface area contributed by atoms with E-state index in [2.05, 4.69) is 46.5 Å². The third kappa shape index (κ3) is 4.89. The summed E-state index contributed by atoms with van der Waals surface area (Å²) in [6.07, 6.45) is 10.8. The predicted molar refractivity (Wildman–Crippen MR) is 110 cm³/mol. The molecule has 3 rings (SSSR count). The summed E-state index contributed by atoms with van der Waals surface area (Å²) in [4.78, 5) is 11.8. The van der Waals surface area contributed by atoms with Crippen LogP contribution in [0.25, 0.3) is 0 Å². The predicted octanol–water partition coefficient (Wildman–Crippen LogP) is 3.58. The van der Waals surface area contributed by atoms with Crippen molar-refractivity contribution in [2.45, 2.75) is 64.8 Å². The molecule has 0 bridgehead atoms. The van der Waals surface area contributed by atoms with Gasteiger partial charge in [-0.2, -0.15) is 0 Å². The highest BCUT2D eigenvalue weighted by Gasteiger charge is 2.32. The Morgan fingerprint density at radius 2 is 2.00 bits per heavy atom.